The predicted octanol–water partition coefficient (Wildman–Crippen LogP) is -0.560. The number of rotatable bonds is 2. The third-order valence-corrected chi connectivity index (χ3v) is 2.68. The topological polar surface area (TPSA) is 84.3 Å². The minimum atomic E-state index is -4.47. The van der Waals surface area contributed by atoms with Crippen LogP contribution in [0.2, 0.25) is 0 Å². The van der Waals surface area contributed by atoms with Gasteiger partial charge in [-0.1, -0.05) is 0 Å². The first kappa shape index (κ1) is 15.2. The zero-order valence-corrected chi connectivity index (χ0v) is 10.6. The molecule has 0 saturated carbocycles. The first-order valence-electron chi connectivity index (χ1n) is 5.65. The highest BCUT2D eigenvalue weighted by molar-refractivity contribution is 5.56. The lowest BCUT2D eigenvalue weighted by atomic mass is 9.92. The molecule has 4 atom stereocenters. The molecule has 1 aliphatic heterocycles. The smallest absolute Gasteiger partial charge is 0.371 e. The van der Waals surface area contributed by atoms with Crippen LogP contribution in [0.4, 0.5) is 13.2 Å². The van der Waals surface area contributed by atoms with Gasteiger partial charge in [-0.2, -0.15) is 13.2 Å². The number of nitrogens with one attached hydrogen (secondary N) is 2. The van der Waals surface area contributed by atoms with E-state index in [4.69, 9.17) is 0 Å². The molecule has 0 aromatic rings. The van der Waals surface area contributed by atoms with E-state index in [9.17, 15) is 18.3 Å². The van der Waals surface area contributed by atoms with Gasteiger partial charge in [0.1, 0.15) is 0 Å². The molecule has 0 spiro atoms. The third-order valence-electron chi connectivity index (χ3n) is 2.68. The predicted molar refractivity (Wildman–Crippen MR) is 60.5 cm³/mol. The maximum absolute atomic E-state index is 12.7. The number of hydrogen-bond acceptors (Lipinski definition) is 4. The first-order chi connectivity index (χ1) is 8.02. The van der Waals surface area contributed by atoms with Gasteiger partial charge in [0.2, 0.25) is 0 Å². The fraction of sp³-hybridized carbons (Fsp3) is 0.900. The Bertz CT molecular complexity index is 313. The van der Waals surface area contributed by atoms with Crippen molar-refractivity contribution in [2.75, 3.05) is 0 Å². The molecule has 5 nitrogen and oxygen atoms in total. The Morgan fingerprint density at radius 3 is 2.39 bits per heavy atom. The first-order valence-corrected chi connectivity index (χ1v) is 5.65. The van der Waals surface area contributed by atoms with Gasteiger partial charge in [0.05, 0.1) is 18.4 Å². The van der Waals surface area contributed by atoms with Crippen molar-refractivity contribution in [3.63, 3.8) is 0 Å². The van der Waals surface area contributed by atoms with Crippen LogP contribution >= 0.6 is 0 Å². The molecule has 0 radical (unpaired) electrons. The highest BCUT2D eigenvalue weighted by Gasteiger charge is 2.52. The Hall–Kier alpha value is -0.860. The van der Waals surface area contributed by atoms with Crippen molar-refractivity contribution < 1.29 is 24.0 Å². The minimum absolute atomic E-state index is 0.397. The lowest BCUT2D eigenvalue weighted by molar-refractivity contribution is -0.498. The monoisotopic (exact) mass is 269 g/mol. The molecule has 0 aromatic heterocycles. The van der Waals surface area contributed by atoms with E-state index >= 15 is 0 Å². The number of hydrogen-bond donors (Lipinski definition) is 4. The fourth-order valence-electron chi connectivity index (χ4n) is 1.85. The highest BCUT2D eigenvalue weighted by atomic mass is 19.4. The number of nitrogens with zero attached hydrogens (tertiary/aromatic N) is 1. The second kappa shape index (κ2) is 5.02. The SMILES string of the molecule is CC(C)(C)NC1NC=NC(O)C1C([NH3+])C(F)(F)F. The van der Waals surface area contributed by atoms with E-state index in [0.717, 1.165) is 0 Å². The molecule has 1 rings (SSSR count). The van der Waals surface area contributed by atoms with Crippen LogP contribution in [0.3, 0.4) is 0 Å². The largest absolute Gasteiger partial charge is 0.441 e. The average Bonchev–Trinajstić information content (AvgIpc) is 2.13. The Morgan fingerprint density at radius 2 is 1.94 bits per heavy atom. The second-order valence-electron chi connectivity index (χ2n) is 5.46. The Balaban J connectivity index is 2.91. The van der Waals surface area contributed by atoms with Gasteiger partial charge in [-0.25, -0.2) is 4.99 Å². The summed E-state index contributed by atoms with van der Waals surface area (Å²) in [6, 6.07) is -1.91. The van der Waals surface area contributed by atoms with Crippen LogP contribution in [-0.2, 0) is 0 Å². The van der Waals surface area contributed by atoms with Crippen molar-refractivity contribution in [1.29, 1.82) is 0 Å². The lowest BCUT2D eigenvalue weighted by Crippen LogP contribution is -2.77. The normalized spacial score (nSPS) is 31.0. The van der Waals surface area contributed by atoms with E-state index in [2.05, 4.69) is 21.4 Å². The van der Waals surface area contributed by atoms with Crippen LogP contribution in [0, 0.1) is 5.92 Å². The molecule has 0 amide bonds. The van der Waals surface area contributed by atoms with Crippen molar-refractivity contribution >= 4 is 6.34 Å². The molecule has 18 heavy (non-hydrogen) atoms. The van der Waals surface area contributed by atoms with Crippen molar-refractivity contribution in [2.45, 2.75) is 50.9 Å². The second-order valence-corrected chi connectivity index (χ2v) is 5.46. The summed E-state index contributed by atoms with van der Waals surface area (Å²) in [5.74, 6) is -1.17. The van der Waals surface area contributed by atoms with E-state index in [1.165, 1.54) is 6.34 Å². The van der Waals surface area contributed by atoms with Crippen molar-refractivity contribution in [3.05, 3.63) is 0 Å². The van der Waals surface area contributed by atoms with Gasteiger partial charge in [0, 0.05) is 5.54 Å². The van der Waals surface area contributed by atoms with E-state index in [-0.39, 0.29) is 0 Å². The summed E-state index contributed by atoms with van der Waals surface area (Å²) in [5.41, 5.74) is 2.73. The maximum Gasteiger partial charge on any atom is 0.441 e. The van der Waals surface area contributed by atoms with Gasteiger partial charge in [0.15, 0.2) is 12.3 Å². The summed E-state index contributed by atoms with van der Waals surface area (Å²) < 4.78 is 38.2. The summed E-state index contributed by atoms with van der Waals surface area (Å²) in [7, 11) is 0. The van der Waals surface area contributed by atoms with Crippen LogP contribution in [0.25, 0.3) is 0 Å². The fourth-order valence-corrected chi connectivity index (χ4v) is 1.85. The summed E-state index contributed by atoms with van der Waals surface area (Å²) in [6.45, 7) is 5.49. The Morgan fingerprint density at radius 1 is 1.39 bits per heavy atom. The van der Waals surface area contributed by atoms with Crippen molar-refractivity contribution in [1.82, 2.24) is 10.6 Å². The number of quaternary nitrogens is 1. The number of aliphatic hydroxyl groups is 1. The molecule has 0 fully saturated rings. The van der Waals surface area contributed by atoms with E-state index in [0.29, 0.717) is 0 Å². The molecule has 6 N–H and O–H groups in total. The molecule has 1 aliphatic rings. The van der Waals surface area contributed by atoms with Crippen LogP contribution in [0.1, 0.15) is 20.8 Å². The number of aliphatic hydroxyl groups excluding tert-OH is 1. The van der Waals surface area contributed by atoms with Crippen LogP contribution in [0.15, 0.2) is 4.99 Å². The molecule has 0 bridgehead atoms. The zero-order chi connectivity index (χ0) is 14.1. The van der Waals surface area contributed by atoms with Crippen molar-refractivity contribution in [3.8, 4) is 0 Å². The van der Waals surface area contributed by atoms with E-state index in [1.54, 1.807) is 0 Å². The van der Waals surface area contributed by atoms with Gasteiger partial charge in [-0.3, -0.25) is 5.32 Å². The van der Waals surface area contributed by atoms with Gasteiger partial charge in [-0.15, -0.1) is 0 Å². The summed E-state index contributed by atoms with van der Waals surface area (Å²) in [6.07, 6.45) is -5.41. The summed E-state index contributed by atoms with van der Waals surface area (Å²) in [5, 5.41) is 15.3. The molecule has 0 aliphatic carbocycles. The lowest BCUT2D eigenvalue weighted by Gasteiger charge is -2.39. The van der Waals surface area contributed by atoms with Crippen LogP contribution < -0.4 is 16.4 Å². The average molecular weight is 269 g/mol. The Kier molecular flexibility index (Phi) is 4.24. The standard InChI is InChI=1S/C10H19F3N4O/c1-9(2,3)17-7-5(6(14)10(11,12)13)8(18)16-4-15-7/h4-8,17-18H,14H2,1-3H3,(H,15,16)/p+1. The molecule has 0 aromatic carbocycles. The molecule has 4 unspecified atom stereocenters. The van der Waals surface area contributed by atoms with Crippen LogP contribution in [-0.4, -0.2) is 41.6 Å². The van der Waals surface area contributed by atoms with E-state index < -0.39 is 36.1 Å². The number of halogens is 3. The Labute approximate surface area is 104 Å². The quantitative estimate of drug-likeness (QED) is 0.542. The zero-order valence-electron chi connectivity index (χ0n) is 10.6. The van der Waals surface area contributed by atoms with Crippen molar-refractivity contribution in [2.24, 2.45) is 10.9 Å². The van der Waals surface area contributed by atoms with E-state index in [1.807, 2.05) is 20.8 Å². The third kappa shape index (κ3) is 3.82. The maximum atomic E-state index is 12.7. The van der Waals surface area contributed by atoms with Crippen LogP contribution in [0.5, 0.6) is 0 Å². The molecular formula is C10H20F3N4O+. The molecular weight excluding hydrogens is 249 g/mol. The molecule has 8 heteroatoms. The van der Waals surface area contributed by atoms with Gasteiger partial charge in [-0.05, 0) is 20.8 Å². The molecule has 106 valence electrons. The van der Waals surface area contributed by atoms with Gasteiger partial charge < -0.3 is 16.2 Å². The minimum Gasteiger partial charge on any atom is -0.371 e. The highest BCUT2D eigenvalue weighted by Crippen LogP contribution is 2.28. The molecule has 1 heterocycles. The number of alkyl halides is 3. The number of aliphatic imine (C=N–C) groups is 1. The summed E-state index contributed by atoms with van der Waals surface area (Å²) >= 11 is 0. The van der Waals surface area contributed by atoms with Gasteiger partial charge in [0.25, 0.3) is 0 Å². The summed E-state index contributed by atoms with van der Waals surface area (Å²) in [4.78, 5) is 3.57. The van der Waals surface area contributed by atoms with Gasteiger partial charge >= 0.3 is 6.18 Å². The molecule has 0 saturated heterocycles.